The normalized spacial score (nSPS) is 11.3. The molecular weight excluding hydrogens is 322 g/mol. The zero-order chi connectivity index (χ0) is 17.1. The zero-order valence-electron chi connectivity index (χ0n) is 13.6. The van der Waals surface area contributed by atoms with Crippen molar-refractivity contribution in [2.24, 2.45) is 5.10 Å². The Balaban J connectivity index is 1.84. The summed E-state index contributed by atoms with van der Waals surface area (Å²) in [7, 11) is 0. The van der Waals surface area contributed by atoms with Gasteiger partial charge in [-0.2, -0.15) is 5.10 Å². The number of carbonyl (C=O) groups is 1. The van der Waals surface area contributed by atoms with Crippen LogP contribution in [0.5, 0.6) is 0 Å². The molecule has 1 aromatic heterocycles. The Morgan fingerprint density at radius 1 is 1.21 bits per heavy atom. The maximum atomic E-state index is 12.1. The van der Waals surface area contributed by atoms with Crippen LogP contribution in [0.1, 0.15) is 28.5 Å². The molecule has 0 fully saturated rings. The first-order valence-electron chi connectivity index (χ1n) is 7.78. The molecule has 3 aromatic rings. The Bertz CT molecular complexity index is 910. The predicted molar refractivity (Wildman–Crippen MR) is 98.9 cm³/mol. The number of amides is 1. The molecule has 4 nitrogen and oxygen atoms in total. The maximum absolute atomic E-state index is 12.1. The zero-order valence-corrected chi connectivity index (χ0v) is 14.3. The fourth-order valence-corrected chi connectivity index (χ4v) is 2.98. The molecule has 1 heterocycles. The number of nitrogens with zero attached hydrogens (tertiary/aromatic N) is 2. The first-order valence-corrected chi connectivity index (χ1v) is 8.16. The van der Waals surface area contributed by atoms with Crippen molar-refractivity contribution >= 4 is 34.6 Å². The van der Waals surface area contributed by atoms with Gasteiger partial charge in [0.2, 0.25) is 0 Å². The lowest BCUT2D eigenvalue weighted by Crippen LogP contribution is -2.17. The quantitative estimate of drug-likeness (QED) is 0.556. The first-order chi connectivity index (χ1) is 11.6. The molecule has 0 bridgehead atoms. The molecule has 24 heavy (non-hydrogen) atoms. The summed E-state index contributed by atoms with van der Waals surface area (Å²) in [6.45, 7) is 5.06. The number of benzene rings is 2. The van der Waals surface area contributed by atoms with Crippen molar-refractivity contribution in [3.8, 4) is 0 Å². The van der Waals surface area contributed by atoms with Gasteiger partial charge in [0, 0.05) is 39.3 Å². The van der Waals surface area contributed by atoms with Gasteiger partial charge in [-0.05, 0) is 44.2 Å². The molecule has 0 aliphatic carbocycles. The number of para-hydroxylation sites is 1. The number of aromatic nitrogens is 1. The number of rotatable bonds is 4. The number of carbonyl (C=O) groups excluding carboxylic acids is 1. The Morgan fingerprint density at radius 2 is 1.92 bits per heavy atom. The van der Waals surface area contributed by atoms with Gasteiger partial charge in [0.05, 0.1) is 6.21 Å². The highest BCUT2D eigenvalue weighted by Gasteiger charge is 2.11. The van der Waals surface area contributed by atoms with Crippen molar-refractivity contribution in [2.75, 3.05) is 0 Å². The van der Waals surface area contributed by atoms with Crippen LogP contribution in [0.15, 0.2) is 53.6 Å². The fraction of sp³-hybridized carbons (Fsp3) is 0.158. The van der Waals surface area contributed by atoms with E-state index in [1.54, 1.807) is 30.5 Å². The molecule has 0 unspecified atom stereocenters. The minimum Gasteiger partial charge on any atom is -0.344 e. The van der Waals surface area contributed by atoms with Crippen molar-refractivity contribution in [1.29, 1.82) is 0 Å². The van der Waals surface area contributed by atoms with E-state index in [0.717, 1.165) is 23.2 Å². The number of halogens is 1. The van der Waals surface area contributed by atoms with E-state index >= 15 is 0 Å². The lowest BCUT2D eigenvalue weighted by atomic mass is 10.1. The van der Waals surface area contributed by atoms with E-state index < -0.39 is 0 Å². The highest BCUT2D eigenvalue weighted by molar-refractivity contribution is 6.30. The molecule has 2 aromatic carbocycles. The van der Waals surface area contributed by atoms with Crippen molar-refractivity contribution in [3.63, 3.8) is 0 Å². The lowest BCUT2D eigenvalue weighted by Gasteiger charge is -2.03. The van der Waals surface area contributed by atoms with Crippen LogP contribution in [-0.4, -0.2) is 16.7 Å². The van der Waals surface area contributed by atoms with Gasteiger partial charge >= 0.3 is 0 Å². The largest absolute Gasteiger partial charge is 0.344 e. The second kappa shape index (κ2) is 6.89. The van der Waals surface area contributed by atoms with E-state index in [9.17, 15) is 4.79 Å². The summed E-state index contributed by atoms with van der Waals surface area (Å²) in [5.74, 6) is -0.264. The summed E-state index contributed by atoms with van der Waals surface area (Å²) in [5.41, 5.74) is 6.40. The molecule has 3 rings (SSSR count). The Labute approximate surface area is 145 Å². The second-order valence-corrected chi connectivity index (χ2v) is 5.90. The first kappa shape index (κ1) is 16.3. The van der Waals surface area contributed by atoms with Gasteiger partial charge < -0.3 is 4.57 Å². The van der Waals surface area contributed by atoms with Crippen LogP contribution in [-0.2, 0) is 6.54 Å². The topological polar surface area (TPSA) is 46.4 Å². The molecule has 1 amide bonds. The minimum absolute atomic E-state index is 0.264. The van der Waals surface area contributed by atoms with Crippen molar-refractivity contribution < 1.29 is 4.79 Å². The van der Waals surface area contributed by atoms with E-state index in [1.165, 1.54) is 5.52 Å². The molecule has 0 saturated carbocycles. The van der Waals surface area contributed by atoms with E-state index in [-0.39, 0.29) is 5.91 Å². The molecular formula is C19H18ClN3O. The average molecular weight is 340 g/mol. The van der Waals surface area contributed by atoms with Crippen molar-refractivity contribution in [2.45, 2.75) is 20.4 Å². The Morgan fingerprint density at radius 3 is 2.62 bits per heavy atom. The number of hydrogen-bond donors (Lipinski definition) is 1. The van der Waals surface area contributed by atoms with E-state index in [0.29, 0.717) is 10.6 Å². The number of aryl methyl sites for hydroxylation is 1. The summed E-state index contributed by atoms with van der Waals surface area (Å²) in [5, 5.41) is 5.85. The third kappa shape index (κ3) is 3.05. The third-order valence-corrected chi connectivity index (χ3v) is 4.31. The molecule has 0 atom stereocenters. The van der Waals surface area contributed by atoms with Crippen LogP contribution in [0.4, 0.5) is 0 Å². The van der Waals surface area contributed by atoms with Crippen LogP contribution in [0, 0.1) is 6.92 Å². The minimum atomic E-state index is -0.264. The fourth-order valence-electron chi connectivity index (χ4n) is 2.85. The van der Waals surface area contributed by atoms with Gasteiger partial charge in [-0.25, -0.2) is 5.43 Å². The summed E-state index contributed by atoms with van der Waals surface area (Å²) in [6, 6.07) is 14.9. The van der Waals surface area contributed by atoms with Crippen LogP contribution in [0.2, 0.25) is 5.02 Å². The third-order valence-electron chi connectivity index (χ3n) is 4.06. The van der Waals surface area contributed by atoms with Gasteiger partial charge in [0.1, 0.15) is 0 Å². The Hall–Kier alpha value is -2.59. The summed E-state index contributed by atoms with van der Waals surface area (Å²) >= 11 is 5.83. The standard InChI is InChI=1S/C19H18ClN3O/c1-3-23-13(2)17(16-6-4-5-7-18(16)23)12-21-22-19(24)14-8-10-15(20)11-9-14/h4-12H,3H2,1-2H3,(H,22,24)/b21-12-. The van der Waals surface area contributed by atoms with E-state index in [4.69, 9.17) is 11.6 Å². The number of hydrogen-bond acceptors (Lipinski definition) is 2. The highest BCUT2D eigenvalue weighted by atomic mass is 35.5. The molecule has 0 saturated heterocycles. The van der Waals surface area contributed by atoms with Gasteiger partial charge in [0.15, 0.2) is 0 Å². The van der Waals surface area contributed by atoms with Gasteiger partial charge in [-0.1, -0.05) is 29.8 Å². The Kier molecular flexibility index (Phi) is 4.67. The number of nitrogens with one attached hydrogen (secondary N) is 1. The SMILES string of the molecule is CCn1c(C)c(/C=N\NC(=O)c2ccc(Cl)cc2)c2ccccc21. The summed E-state index contributed by atoms with van der Waals surface area (Å²) < 4.78 is 2.23. The number of hydrazone groups is 1. The molecule has 0 radical (unpaired) electrons. The van der Waals surface area contributed by atoms with Gasteiger partial charge in [-0.3, -0.25) is 4.79 Å². The molecule has 0 spiro atoms. The summed E-state index contributed by atoms with van der Waals surface area (Å²) in [4.78, 5) is 12.1. The molecule has 1 N–H and O–H groups in total. The maximum Gasteiger partial charge on any atom is 0.271 e. The summed E-state index contributed by atoms with van der Waals surface area (Å²) in [6.07, 6.45) is 1.71. The monoisotopic (exact) mass is 339 g/mol. The van der Waals surface area contributed by atoms with Crippen LogP contribution in [0.25, 0.3) is 10.9 Å². The predicted octanol–water partition coefficient (Wildman–Crippen LogP) is 4.39. The van der Waals surface area contributed by atoms with Crippen LogP contribution >= 0.6 is 11.6 Å². The molecule has 122 valence electrons. The van der Waals surface area contributed by atoms with Crippen molar-refractivity contribution in [1.82, 2.24) is 9.99 Å². The smallest absolute Gasteiger partial charge is 0.271 e. The number of fused-ring (bicyclic) bond motifs is 1. The average Bonchev–Trinajstić information content (AvgIpc) is 2.87. The van der Waals surface area contributed by atoms with E-state index in [1.807, 2.05) is 12.1 Å². The van der Waals surface area contributed by atoms with Gasteiger partial charge in [0.25, 0.3) is 5.91 Å². The van der Waals surface area contributed by atoms with Crippen LogP contribution in [0.3, 0.4) is 0 Å². The highest BCUT2D eigenvalue weighted by Crippen LogP contribution is 2.24. The second-order valence-electron chi connectivity index (χ2n) is 5.47. The van der Waals surface area contributed by atoms with E-state index in [2.05, 4.69) is 41.1 Å². The molecule has 0 aliphatic heterocycles. The molecule has 0 aliphatic rings. The lowest BCUT2D eigenvalue weighted by molar-refractivity contribution is 0.0955. The molecule has 5 heteroatoms. The van der Waals surface area contributed by atoms with Gasteiger partial charge in [-0.15, -0.1) is 0 Å². The van der Waals surface area contributed by atoms with Crippen molar-refractivity contribution in [3.05, 3.63) is 70.4 Å². The van der Waals surface area contributed by atoms with Crippen LogP contribution < -0.4 is 5.43 Å².